The number of aromatic nitrogens is 2. The van der Waals surface area contributed by atoms with Crippen LogP contribution in [-0.4, -0.2) is 47.4 Å². The maximum Gasteiger partial charge on any atom is 0.270 e. The minimum Gasteiger partial charge on any atom is -0.379 e. The number of hydrogen-bond donors (Lipinski definition) is 2. The van der Waals surface area contributed by atoms with Crippen LogP contribution in [0.25, 0.3) is 11.3 Å². The van der Waals surface area contributed by atoms with Crippen molar-refractivity contribution < 1.29 is 4.74 Å². The van der Waals surface area contributed by atoms with E-state index < -0.39 is 5.56 Å². The van der Waals surface area contributed by atoms with Gasteiger partial charge < -0.3 is 4.74 Å². The molecule has 156 valence electrons. The molecule has 0 bridgehead atoms. The average molecular weight is 414 g/mol. The molecule has 31 heavy (non-hydrogen) atoms. The predicted octanol–water partition coefficient (Wildman–Crippen LogP) is 2.59. The van der Waals surface area contributed by atoms with Crippen molar-refractivity contribution >= 4 is 12.2 Å². The van der Waals surface area contributed by atoms with Gasteiger partial charge >= 0.3 is 0 Å². The number of aromatic amines is 1. The van der Waals surface area contributed by atoms with Crippen molar-refractivity contribution in [2.75, 3.05) is 31.7 Å². The Labute approximate surface area is 179 Å². The van der Waals surface area contributed by atoms with Gasteiger partial charge in [-0.1, -0.05) is 48.5 Å². The van der Waals surface area contributed by atoms with Crippen LogP contribution in [0.4, 0.5) is 5.95 Å². The molecule has 1 saturated heterocycles. The molecule has 0 aliphatic carbocycles. The van der Waals surface area contributed by atoms with Crippen molar-refractivity contribution in [1.82, 2.24) is 14.9 Å². The van der Waals surface area contributed by atoms with E-state index >= 15 is 0 Å². The lowest BCUT2D eigenvalue weighted by atomic mass is 10.1. The van der Waals surface area contributed by atoms with Gasteiger partial charge in [0.05, 0.1) is 25.1 Å². The smallest absolute Gasteiger partial charge is 0.270 e. The van der Waals surface area contributed by atoms with Crippen molar-refractivity contribution in [3.8, 4) is 17.3 Å². The van der Waals surface area contributed by atoms with Crippen molar-refractivity contribution in [2.45, 2.75) is 6.54 Å². The molecule has 0 atom stereocenters. The molecule has 4 rings (SSSR count). The molecule has 2 N–H and O–H groups in total. The standard InChI is InChI=1S/C23H22N6O2/c24-14-20-21(19-7-2-1-3-8-19)26-23(27-22(20)30)28-25-15-17-5-4-6-18(13-17)16-29-9-11-31-12-10-29/h1-8,13,15H,9-12,16H2,(H2,26,27,28,30). The second-order valence-corrected chi connectivity index (χ2v) is 7.12. The summed E-state index contributed by atoms with van der Waals surface area (Å²) in [5.41, 5.74) is 5.35. The highest BCUT2D eigenvalue weighted by Crippen LogP contribution is 2.19. The summed E-state index contributed by atoms with van der Waals surface area (Å²) in [5, 5.41) is 13.6. The minimum absolute atomic E-state index is 0.0310. The lowest BCUT2D eigenvalue weighted by Gasteiger charge is -2.26. The van der Waals surface area contributed by atoms with Crippen LogP contribution in [0.2, 0.25) is 0 Å². The fourth-order valence-corrected chi connectivity index (χ4v) is 3.39. The van der Waals surface area contributed by atoms with E-state index in [2.05, 4.69) is 37.5 Å². The SMILES string of the molecule is N#Cc1c(-c2ccccc2)nc(NN=Cc2cccc(CN3CCOCC3)c2)[nH]c1=O. The number of nitrogens with zero attached hydrogens (tertiary/aromatic N) is 4. The normalized spacial score (nSPS) is 14.4. The first-order chi connectivity index (χ1) is 15.2. The van der Waals surface area contributed by atoms with Gasteiger partial charge in [0.1, 0.15) is 11.6 Å². The van der Waals surface area contributed by atoms with Gasteiger partial charge in [-0.2, -0.15) is 10.4 Å². The number of rotatable bonds is 6. The molecule has 0 unspecified atom stereocenters. The first-order valence-electron chi connectivity index (χ1n) is 10.0. The Hall–Kier alpha value is -3.80. The molecule has 1 aliphatic heterocycles. The van der Waals surface area contributed by atoms with Crippen molar-refractivity contribution in [3.05, 3.63) is 81.6 Å². The summed E-state index contributed by atoms with van der Waals surface area (Å²) in [6.07, 6.45) is 1.67. The quantitative estimate of drug-likeness (QED) is 0.474. The topological polar surface area (TPSA) is 106 Å². The molecule has 1 fully saturated rings. The van der Waals surface area contributed by atoms with Gasteiger partial charge in [0, 0.05) is 25.2 Å². The number of morpholine rings is 1. The summed E-state index contributed by atoms with van der Waals surface area (Å²) in [4.78, 5) is 21.6. The predicted molar refractivity (Wildman–Crippen MR) is 119 cm³/mol. The van der Waals surface area contributed by atoms with E-state index in [1.54, 1.807) is 18.3 Å². The van der Waals surface area contributed by atoms with Gasteiger partial charge in [-0.05, 0) is 17.2 Å². The van der Waals surface area contributed by atoms with E-state index in [1.165, 1.54) is 5.56 Å². The Morgan fingerprint density at radius 1 is 1.19 bits per heavy atom. The maximum absolute atomic E-state index is 12.3. The van der Waals surface area contributed by atoms with Crippen LogP contribution in [0.15, 0.2) is 64.5 Å². The summed E-state index contributed by atoms with van der Waals surface area (Å²) in [7, 11) is 0. The van der Waals surface area contributed by atoms with Crippen molar-refractivity contribution in [1.29, 1.82) is 5.26 Å². The molecule has 1 aliphatic rings. The zero-order valence-electron chi connectivity index (χ0n) is 16.9. The van der Waals surface area contributed by atoms with Crippen LogP contribution in [0.3, 0.4) is 0 Å². The first kappa shape index (κ1) is 20.5. The number of nitriles is 1. The highest BCUT2D eigenvalue weighted by atomic mass is 16.5. The number of hydrogen-bond acceptors (Lipinski definition) is 7. The summed E-state index contributed by atoms with van der Waals surface area (Å²) in [6, 6.07) is 19.2. The molecule has 0 radical (unpaired) electrons. The van der Waals surface area contributed by atoms with E-state index in [4.69, 9.17) is 4.74 Å². The van der Waals surface area contributed by atoms with E-state index in [0.29, 0.717) is 11.3 Å². The third kappa shape index (κ3) is 5.22. The zero-order chi connectivity index (χ0) is 21.5. The van der Waals surface area contributed by atoms with E-state index in [9.17, 15) is 10.1 Å². The molecule has 3 aromatic rings. The average Bonchev–Trinajstić information content (AvgIpc) is 2.80. The van der Waals surface area contributed by atoms with Gasteiger partial charge in [0.2, 0.25) is 5.95 Å². The van der Waals surface area contributed by atoms with Gasteiger partial charge in [0.15, 0.2) is 0 Å². The first-order valence-corrected chi connectivity index (χ1v) is 10.0. The van der Waals surface area contributed by atoms with Crippen LogP contribution in [0.1, 0.15) is 16.7 Å². The van der Waals surface area contributed by atoms with E-state index in [1.807, 2.05) is 36.4 Å². The minimum atomic E-state index is -0.512. The zero-order valence-corrected chi connectivity index (χ0v) is 16.9. The molecular formula is C23H22N6O2. The van der Waals surface area contributed by atoms with Crippen LogP contribution in [-0.2, 0) is 11.3 Å². The Balaban J connectivity index is 1.49. The Morgan fingerprint density at radius 2 is 2.00 bits per heavy atom. The number of H-pyrrole nitrogens is 1. The molecule has 8 heteroatoms. The summed E-state index contributed by atoms with van der Waals surface area (Å²) < 4.78 is 5.40. The Bertz CT molecular complexity index is 1160. The van der Waals surface area contributed by atoms with E-state index in [-0.39, 0.29) is 11.5 Å². The summed E-state index contributed by atoms with van der Waals surface area (Å²) in [6.45, 7) is 4.27. The number of anilines is 1. The number of nitrogens with one attached hydrogen (secondary N) is 2. The maximum atomic E-state index is 12.3. The van der Waals surface area contributed by atoms with Crippen LogP contribution < -0.4 is 11.0 Å². The van der Waals surface area contributed by atoms with Gasteiger partial charge in [-0.15, -0.1) is 0 Å². The van der Waals surface area contributed by atoms with Gasteiger partial charge in [-0.25, -0.2) is 10.4 Å². The monoisotopic (exact) mass is 414 g/mol. The molecule has 1 aromatic heterocycles. The third-order valence-electron chi connectivity index (χ3n) is 4.92. The lowest BCUT2D eigenvalue weighted by molar-refractivity contribution is 0.0342. The summed E-state index contributed by atoms with van der Waals surface area (Å²) >= 11 is 0. The fourth-order valence-electron chi connectivity index (χ4n) is 3.39. The van der Waals surface area contributed by atoms with Crippen molar-refractivity contribution in [3.63, 3.8) is 0 Å². The van der Waals surface area contributed by atoms with Crippen molar-refractivity contribution in [2.24, 2.45) is 5.10 Å². The number of ether oxygens (including phenoxy) is 1. The molecule has 0 amide bonds. The van der Waals surface area contributed by atoms with Crippen LogP contribution in [0, 0.1) is 11.3 Å². The molecule has 8 nitrogen and oxygen atoms in total. The largest absolute Gasteiger partial charge is 0.379 e. The van der Waals surface area contributed by atoms with Gasteiger partial charge in [-0.3, -0.25) is 14.7 Å². The molecule has 2 aromatic carbocycles. The van der Waals surface area contributed by atoms with E-state index in [0.717, 1.165) is 38.4 Å². The second-order valence-electron chi connectivity index (χ2n) is 7.12. The number of hydrazone groups is 1. The lowest BCUT2D eigenvalue weighted by Crippen LogP contribution is -2.35. The number of benzene rings is 2. The Kier molecular flexibility index (Phi) is 6.47. The highest BCUT2D eigenvalue weighted by Gasteiger charge is 2.13. The van der Waals surface area contributed by atoms with Crippen LogP contribution in [0.5, 0.6) is 0 Å². The van der Waals surface area contributed by atoms with Crippen LogP contribution >= 0.6 is 0 Å². The molecule has 0 saturated carbocycles. The van der Waals surface area contributed by atoms with Gasteiger partial charge in [0.25, 0.3) is 5.56 Å². The second kappa shape index (κ2) is 9.80. The third-order valence-corrected chi connectivity index (χ3v) is 4.92. The Morgan fingerprint density at radius 3 is 2.77 bits per heavy atom. The molecular weight excluding hydrogens is 392 g/mol. The molecule has 0 spiro atoms. The highest BCUT2D eigenvalue weighted by molar-refractivity contribution is 5.80. The fraction of sp³-hybridized carbons (Fsp3) is 0.217. The molecule has 2 heterocycles. The summed E-state index contributed by atoms with van der Waals surface area (Å²) in [5.74, 6) is 0.170.